The first-order chi connectivity index (χ1) is 6.09. The van der Waals surface area contributed by atoms with E-state index in [1.807, 2.05) is 6.92 Å². The van der Waals surface area contributed by atoms with E-state index in [9.17, 15) is 4.79 Å². The number of aromatic nitrogens is 2. The molecule has 4 heteroatoms. The summed E-state index contributed by atoms with van der Waals surface area (Å²) in [6, 6.07) is 0. The van der Waals surface area contributed by atoms with Crippen molar-refractivity contribution in [2.75, 3.05) is 18.5 Å². The molecule has 13 heavy (non-hydrogen) atoms. The SMILES string of the molecule is CC(=O)CN(C)c1ncc(C)cn1. The molecule has 0 saturated heterocycles. The number of anilines is 1. The molecule has 1 aromatic rings. The molecule has 0 fully saturated rings. The largest absolute Gasteiger partial charge is 0.337 e. The van der Waals surface area contributed by atoms with Crippen LogP contribution in [0.5, 0.6) is 0 Å². The minimum absolute atomic E-state index is 0.103. The quantitative estimate of drug-likeness (QED) is 0.688. The molecule has 0 amide bonds. The van der Waals surface area contributed by atoms with Crippen LogP contribution < -0.4 is 4.90 Å². The fourth-order valence-corrected chi connectivity index (χ4v) is 0.988. The summed E-state index contributed by atoms with van der Waals surface area (Å²) in [6.07, 6.45) is 3.47. The molecular weight excluding hydrogens is 166 g/mol. The molecule has 1 aromatic heterocycles. The van der Waals surface area contributed by atoms with Gasteiger partial charge in [0.25, 0.3) is 0 Å². The lowest BCUT2D eigenvalue weighted by molar-refractivity contribution is -0.115. The lowest BCUT2D eigenvalue weighted by Crippen LogP contribution is -2.25. The van der Waals surface area contributed by atoms with E-state index in [1.165, 1.54) is 0 Å². The monoisotopic (exact) mass is 179 g/mol. The fourth-order valence-electron chi connectivity index (χ4n) is 0.988. The first-order valence-corrected chi connectivity index (χ1v) is 4.09. The number of nitrogens with zero attached hydrogens (tertiary/aromatic N) is 3. The lowest BCUT2D eigenvalue weighted by atomic mass is 10.4. The third-order valence-corrected chi connectivity index (χ3v) is 1.57. The van der Waals surface area contributed by atoms with Crippen molar-refractivity contribution in [2.45, 2.75) is 13.8 Å². The molecule has 0 aliphatic carbocycles. The Hall–Kier alpha value is -1.45. The fraction of sp³-hybridized carbons (Fsp3) is 0.444. The number of aryl methyl sites for hydroxylation is 1. The Labute approximate surface area is 77.6 Å². The number of hydrogen-bond acceptors (Lipinski definition) is 4. The minimum Gasteiger partial charge on any atom is -0.337 e. The van der Waals surface area contributed by atoms with E-state index in [0.717, 1.165) is 5.56 Å². The van der Waals surface area contributed by atoms with Crippen LogP contribution in [-0.2, 0) is 4.79 Å². The van der Waals surface area contributed by atoms with Crippen LogP contribution in [0.25, 0.3) is 0 Å². The number of rotatable bonds is 3. The predicted molar refractivity (Wildman–Crippen MR) is 50.7 cm³/mol. The normalized spacial score (nSPS) is 9.77. The van der Waals surface area contributed by atoms with E-state index in [0.29, 0.717) is 12.5 Å². The molecule has 0 atom stereocenters. The van der Waals surface area contributed by atoms with Gasteiger partial charge in [0.05, 0.1) is 6.54 Å². The molecule has 1 rings (SSSR count). The topological polar surface area (TPSA) is 46.1 Å². The summed E-state index contributed by atoms with van der Waals surface area (Å²) in [5, 5.41) is 0. The number of carbonyl (C=O) groups excluding carboxylic acids is 1. The average Bonchev–Trinajstić information content (AvgIpc) is 2.04. The van der Waals surface area contributed by atoms with Crippen LogP contribution in [-0.4, -0.2) is 29.3 Å². The number of carbonyl (C=O) groups is 1. The molecule has 4 nitrogen and oxygen atoms in total. The summed E-state index contributed by atoms with van der Waals surface area (Å²) in [4.78, 5) is 20.7. The molecule has 0 unspecified atom stereocenters. The predicted octanol–water partition coefficient (Wildman–Crippen LogP) is 0.810. The van der Waals surface area contributed by atoms with Gasteiger partial charge in [-0.3, -0.25) is 4.79 Å². The van der Waals surface area contributed by atoms with Gasteiger partial charge in [-0.1, -0.05) is 0 Å². The van der Waals surface area contributed by atoms with E-state index >= 15 is 0 Å². The van der Waals surface area contributed by atoms with Crippen LogP contribution in [0, 0.1) is 6.92 Å². The summed E-state index contributed by atoms with van der Waals surface area (Å²) < 4.78 is 0. The first-order valence-electron chi connectivity index (χ1n) is 4.09. The molecule has 0 saturated carbocycles. The highest BCUT2D eigenvalue weighted by Crippen LogP contribution is 2.03. The third kappa shape index (κ3) is 2.82. The van der Waals surface area contributed by atoms with E-state index in [-0.39, 0.29) is 5.78 Å². The highest BCUT2D eigenvalue weighted by molar-refractivity contribution is 5.80. The third-order valence-electron chi connectivity index (χ3n) is 1.57. The highest BCUT2D eigenvalue weighted by atomic mass is 16.1. The van der Waals surface area contributed by atoms with Gasteiger partial charge >= 0.3 is 0 Å². The van der Waals surface area contributed by atoms with Gasteiger partial charge in [0.15, 0.2) is 0 Å². The Kier molecular flexibility index (Phi) is 2.95. The summed E-state index contributed by atoms with van der Waals surface area (Å²) in [5.74, 6) is 0.687. The smallest absolute Gasteiger partial charge is 0.225 e. The molecule has 0 N–H and O–H groups in total. The number of Topliss-reactive ketones (excluding diaryl/α,β-unsaturated/α-hetero) is 1. The molecule has 0 spiro atoms. The van der Waals surface area contributed by atoms with Crippen molar-refractivity contribution < 1.29 is 4.79 Å². The molecule has 1 heterocycles. The maximum Gasteiger partial charge on any atom is 0.225 e. The molecule has 0 radical (unpaired) electrons. The molecule has 70 valence electrons. The molecule has 0 aliphatic heterocycles. The van der Waals surface area contributed by atoms with Gasteiger partial charge in [-0.05, 0) is 19.4 Å². The molecule has 0 aromatic carbocycles. The Balaban J connectivity index is 2.71. The maximum atomic E-state index is 10.8. The Morgan fingerprint density at radius 2 is 2.00 bits per heavy atom. The van der Waals surface area contributed by atoms with E-state index < -0.39 is 0 Å². The Bertz CT molecular complexity index is 294. The molecular formula is C9H13N3O. The van der Waals surface area contributed by atoms with Gasteiger partial charge < -0.3 is 4.90 Å². The average molecular weight is 179 g/mol. The second-order valence-corrected chi connectivity index (χ2v) is 3.12. The van der Waals surface area contributed by atoms with Crippen LogP contribution in [0.4, 0.5) is 5.95 Å². The standard InChI is InChI=1S/C9H13N3O/c1-7-4-10-9(11-5-7)12(3)6-8(2)13/h4-5H,6H2,1-3H3. The molecule has 0 aliphatic rings. The molecule has 0 bridgehead atoms. The minimum atomic E-state index is 0.103. The van der Waals surface area contributed by atoms with Crippen molar-refractivity contribution in [3.05, 3.63) is 18.0 Å². The maximum absolute atomic E-state index is 10.8. The van der Waals surface area contributed by atoms with Crippen LogP contribution in [0.1, 0.15) is 12.5 Å². The zero-order valence-electron chi connectivity index (χ0n) is 8.11. The van der Waals surface area contributed by atoms with Crippen LogP contribution in [0.2, 0.25) is 0 Å². The van der Waals surface area contributed by atoms with Gasteiger partial charge in [0.1, 0.15) is 5.78 Å². The van der Waals surface area contributed by atoms with E-state index in [1.54, 1.807) is 31.3 Å². The van der Waals surface area contributed by atoms with Gasteiger partial charge in [0, 0.05) is 19.4 Å². The summed E-state index contributed by atoms with van der Waals surface area (Å²) in [6.45, 7) is 3.82. The first kappa shape index (κ1) is 9.64. The zero-order chi connectivity index (χ0) is 9.84. The van der Waals surface area contributed by atoms with E-state index in [2.05, 4.69) is 9.97 Å². The van der Waals surface area contributed by atoms with E-state index in [4.69, 9.17) is 0 Å². The number of likely N-dealkylation sites (N-methyl/N-ethyl adjacent to an activating group) is 1. The van der Waals surface area contributed by atoms with Crippen molar-refractivity contribution in [1.82, 2.24) is 9.97 Å². The van der Waals surface area contributed by atoms with Crippen molar-refractivity contribution in [1.29, 1.82) is 0 Å². The van der Waals surface area contributed by atoms with Gasteiger partial charge in [-0.25, -0.2) is 9.97 Å². The summed E-state index contributed by atoms with van der Waals surface area (Å²) >= 11 is 0. The van der Waals surface area contributed by atoms with Gasteiger partial charge in [-0.15, -0.1) is 0 Å². The summed E-state index contributed by atoms with van der Waals surface area (Å²) in [7, 11) is 1.80. The van der Waals surface area contributed by atoms with Crippen molar-refractivity contribution in [3.8, 4) is 0 Å². The zero-order valence-corrected chi connectivity index (χ0v) is 8.11. The lowest BCUT2D eigenvalue weighted by Gasteiger charge is -2.14. The van der Waals surface area contributed by atoms with Crippen LogP contribution >= 0.6 is 0 Å². The second-order valence-electron chi connectivity index (χ2n) is 3.12. The van der Waals surface area contributed by atoms with Crippen molar-refractivity contribution >= 4 is 11.7 Å². The van der Waals surface area contributed by atoms with Gasteiger partial charge in [0.2, 0.25) is 5.95 Å². The van der Waals surface area contributed by atoms with Gasteiger partial charge in [-0.2, -0.15) is 0 Å². The van der Waals surface area contributed by atoms with Crippen molar-refractivity contribution in [2.24, 2.45) is 0 Å². The summed E-state index contributed by atoms with van der Waals surface area (Å²) in [5.41, 5.74) is 1.01. The van der Waals surface area contributed by atoms with Crippen LogP contribution in [0.15, 0.2) is 12.4 Å². The van der Waals surface area contributed by atoms with Crippen LogP contribution in [0.3, 0.4) is 0 Å². The number of hydrogen-bond donors (Lipinski definition) is 0. The van der Waals surface area contributed by atoms with Crippen molar-refractivity contribution in [3.63, 3.8) is 0 Å². The highest BCUT2D eigenvalue weighted by Gasteiger charge is 2.04. The second kappa shape index (κ2) is 3.98. The number of ketones is 1. The Morgan fingerprint density at radius 1 is 1.46 bits per heavy atom. The Morgan fingerprint density at radius 3 is 2.46 bits per heavy atom.